The summed E-state index contributed by atoms with van der Waals surface area (Å²) in [5, 5.41) is 3.39. The molecule has 0 saturated heterocycles. The molecule has 0 aliphatic rings. The van der Waals surface area contributed by atoms with Crippen molar-refractivity contribution in [3.05, 3.63) is 129 Å². The number of carbonyl (C=O) groups is 1. The van der Waals surface area contributed by atoms with Crippen LogP contribution in [0.3, 0.4) is 0 Å². The SMILES string of the molecule is O=C(Nc1cc(S(=O)(=O)NC(c2ccccc2)c2ccccc2)ccc1Cl)c1cc(Cl)cc(Cl)c1. The Balaban J connectivity index is 1.65. The zero-order valence-electron chi connectivity index (χ0n) is 18.1. The van der Waals surface area contributed by atoms with Gasteiger partial charge in [0.2, 0.25) is 10.0 Å². The number of hydrogen-bond donors (Lipinski definition) is 2. The summed E-state index contributed by atoms with van der Waals surface area (Å²) in [7, 11) is -4.01. The monoisotopic (exact) mass is 544 g/mol. The van der Waals surface area contributed by atoms with Gasteiger partial charge < -0.3 is 5.32 Å². The number of nitrogens with one attached hydrogen (secondary N) is 2. The summed E-state index contributed by atoms with van der Waals surface area (Å²) in [6, 6.07) is 26.4. The molecule has 0 aliphatic heterocycles. The maximum absolute atomic E-state index is 13.4. The van der Waals surface area contributed by atoms with Gasteiger partial charge in [-0.25, -0.2) is 8.42 Å². The van der Waals surface area contributed by atoms with Crippen LogP contribution in [0.5, 0.6) is 0 Å². The maximum atomic E-state index is 13.4. The van der Waals surface area contributed by atoms with E-state index >= 15 is 0 Å². The van der Waals surface area contributed by atoms with E-state index in [2.05, 4.69) is 10.0 Å². The van der Waals surface area contributed by atoms with Gasteiger partial charge in [0.25, 0.3) is 5.91 Å². The molecule has 0 aromatic heterocycles. The number of rotatable bonds is 7. The standard InChI is InChI=1S/C26H19Cl3N2O3S/c27-20-13-19(14-21(28)15-20)26(32)30-24-16-22(11-12-23(24)29)35(33,34)31-25(17-7-3-1-4-8-17)18-9-5-2-6-10-18/h1-16,25,31H,(H,30,32). The van der Waals surface area contributed by atoms with Crippen LogP contribution < -0.4 is 10.0 Å². The van der Waals surface area contributed by atoms with Crippen molar-refractivity contribution in [2.75, 3.05) is 5.32 Å². The minimum atomic E-state index is -4.01. The fourth-order valence-corrected chi connectivity index (χ4v) is 5.42. The maximum Gasteiger partial charge on any atom is 0.255 e. The second-order valence-electron chi connectivity index (χ2n) is 7.63. The fourth-order valence-electron chi connectivity index (χ4n) is 3.49. The van der Waals surface area contributed by atoms with Crippen molar-refractivity contribution >= 4 is 56.4 Å². The third-order valence-corrected chi connectivity index (χ3v) is 7.35. The Hall–Kier alpha value is -2.87. The summed E-state index contributed by atoms with van der Waals surface area (Å²) in [4.78, 5) is 12.7. The molecule has 0 fully saturated rings. The summed E-state index contributed by atoms with van der Waals surface area (Å²) < 4.78 is 29.6. The molecule has 4 aromatic carbocycles. The highest BCUT2D eigenvalue weighted by atomic mass is 35.5. The van der Waals surface area contributed by atoms with E-state index in [-0.39, 0.29) is 21.2 Å². The van der Waals surface area contributed by atoms with Crippen molar-refractivity contribution in [1.82, 2.24) is 4.72 Å². The van der Waals surface area contributed by atoms with Gasteiger partial charge in [0.1, 0.15) is 0 Å². The zero-order chi connectivity index (χ0) is 25.0. The smallest absolute Gasteiger partial charge is 0.255 e. The van der Waals surface area contributed by atoms with E-state index in [9.17, 15) is 13.2 Å². The molecule has 0 spiro atoms. The minimum Gasteiger partial charge on any atom is -0.321 e. The van der Waals surface area contributed by atoms with Crippen LogP contribution >= 0.6 is 34.8 Å². The molecular formula is C26H19Cl3N2O3S. The van der Waals surface area contributed by atoms with E-state index in [1.807, 2.05) is 60.7 Å². The van der Waals surface area contributed by atoms with Gasteiger partial charge in [-0.15, -0.1) is 0 Å². The molecule has 35 heavy (non-hydrogen) atoms. The Morgan fingerprint density at radius 1 is 0.714 bits per heavy atom. The lowest BCUT2D eigenvalue weighted by Gasteiger charge is -2.20. The van der Waals surface area contributed by atoms with Crippen LogP contribution in [-0.4, -0.2) is 14.3 Å². The lowest BCUT2D eigenvalue weighted by molar-refractivity contribution is 0.102. The van der Waals surface area contributed by atoms with Gasteiger partial charge in [-0.1, -0.05) is 95.5 Å². The van der Waals surface area contributed by atoms with Crippen LogP contribution in [0, 0.1) is 0 Å². The van der Waals surface area contributed by atoms with E-state index in [4.69, 9.17) is 34.8 Å². The van der Waals surface area contributed by atoms with Gasteiger partial charge in [0.05, 0.1) is 21.6 Å². The Morgan fingerprint density at radius 3 is 1.80 bits per heavy atom. The number of anilines is 1. The Kier molecular flexibility index (Phi) is 7.79. The third kappa shape index (κ3) is 6.23. The first kappa shape index (κ1) is 25.2. The lowest BCUT2D eigenvalue weighted by Crippen LogP contribution is -2.29. The molecule has 0 aliphatic carbocycles. The molecule has 0 atom stereocenters. The van der Waals surface area contributed by atoms with E-state index in [0.717, 1.165) is 11.1 Å². The van der Waals surface area contributed by atoms with Gasteiger partial charge in [0, 0.05) is 15.6 Å². The molecule has 0 unspecified atom stereocenters. The highest BCUT2D eigenvalue weighted by Gasteiger charge is 2.24. The Bertz CT molecular complexity index is 1400. The van der Waals surface area contributed by atoms with Crippen molar-refractivity contribution in [1.29, 1.82) is 0 Å². The van der Waals surface area contributed by atoms with Gasteiger partial charge >= 0.3 is 0 Å². The molecule has 4 aromatic rings. The minimum absolute atomic E-state index is 0.0572. The first-order valence-electron chi connectivity index (χ1n) is 10.4. The van der Waals surface area contributed by atoms with E-state index in [1.54, 1.807) is 0 Å². The largest absolute Gasteiger partial charge is 0.321 e. The molecule has 0 radical (unpaired) electrons. The van der Waals surface area contributed by atoms with Crippen LogP contribution in [0.4, 0.5) is 5.69 Å². The molecule has 0 bridgehead atoms. The molecule has 0 saturated carbocycles. The number of carbonyl (C=O) groups excluding carboxylic acids is 1. The van der Waals surface area contributed by atoms with Crippen LogP contribution in [-0.2, 0) is 10.0 Å². The second kappa shape index (κ2) is 10.8. The Morgan fingerprint density at radius 2 is 1.26 bits per heavy atom. The summed E-state index contributed by atoms with van der Waals surface area (Å²) in [6.07, 6.45) is 0. The predicted octanol–water partition coefficient (Wildman–Crippen LogP) is 6.97. The van der Waals surface area contributed by atoms with Crippen molar-refractivity contribution < 1.29 is 13.2 Å². The van der Waals surface area contributed by atoms with Crippen molar-refractivity contribution in [2.45, 2.75) is 10.9 Å². The molecule has 9 heteroatoms. The van der Waals surface area contributed by atoms with Crippen molar-refractivity contribution in [2.24, 2.45) is 0 Å². The lowest BCUT2D eigenvalue weighted by atomic mass is 10.00. The number of benzene rings is 4. The fraction of sp³-hybridized carbons (Fsp3) is 0.0385. The second-order valence-corrected chi connectivity index (χ2v) is 10.6. The molecule has 0 heterocycles. The van der Waals surface area contributed by atoms with E-state index < -0.39 is 22.0 Å². The van der Waals surface area contributed by atoms with Gasteiger partial charge in [-0.05, 0) is 47.5 Å². The van der Waals surface area contributed by atoms with Gasteiger partial charge in [-0.2, -0.15) is 4.72 Å². The van der Waals surface area contributed by atoms with Crippen molar-refractivity contribution in [3.63, 3.8) is 0 Å². The zero-order valence-corrected chi connectivity index (χ0v) is 21.2. The number of hydrogen-bond acceptors (Lipinski definition) is 3. The predicted molar refractivity (Wildman–Crippen MR) is 141 cm³/mol. The highest BCUT2D eigenvalue weighted by molar-refractivity contribution is 7.89. The molecule has 4 rings (SSSR count). The van der Waals surface area contributed by atoms with Crippen LogP contribution in [0.15, 0.2) is 102 Å². The first-order valence-corrected chi connectivity index (χ1v) is 13.0. The van der Waals surface area contributed by atoms with Gasteiger partial charge in [0.15, 0.2) is 0 Å². The first-order chi connectivity index (χ1) is 16.7. The molecule has 5 nitrogen and oxygen atoms in total. The van der Waals surface area contributed by atoms with Crippen LogP contribution in [0.25, 0.3) is 0 Å². The highest BCUT2D eigenvalue weighted by Crippen LogP contribution is 2.29. The number of halogens is 3. The average Bonchev–Trinajstić information content (AvgIpc) is 2.84. The van der Waals surface area contributed by atoms with Gasteiger partial charge in [-0.3, -0.25) is 4.79 Å². The van der Waals surface area contributed by atoms with E-state index in [0.29, 0.717) is 10.0 Å². The summed E-state index contributed by atoms with van der Waals surface area (Å²) in [5.74, 6) is -0.537. The summed E-state index contributed by atoms with van der Waals surface area (Å²) in [5.41, 5.74) is 1.90. The number of sulfonamides is 1. The van der Waals surface area contributed by atoms with E-state index in [1.165, 1.54) is 36.4 Å². The molecular weight excluding hydrogens is 527 g/mol. The van der Waals surface area contributed by atoms with Crippen molar-refractivity contribution in [3.8, 4) is 0 Å². The summed E-state index contributed by atoms with van der Waals surface area (Å²) in [6.45, 7) is 0. The number of amides is 1. The quantitative estimate of drug-likeness (QED) is 0.263. The summed E-state index contributed by atoms with van der Waals surface area (Å²) >= 11 is 18.2. The average molecular weight is 546 g/mol. The molecule has 1 amide bonds. The Labute approximate surface area is 218 Å². The van der Waals surface area contributed by atoms with Crippen LogP contribution in [0.2, 0.25) is 15.1 Å². The normalized spacial score (nSPS) is 11.4. The van der Waals surface area contributed by atoms with Crippen LogP contribution in [0.1, 0.15) is 27.5 Å². The topological polar surface area (TPSA) is 75.3 Å². The molecule has 178 valence electrons. The molecule has 2 N–H and O–H groups in total. The third-order valence-electron chi connectivity index (χ3n) is 5.16.